The molecule has 1 fully saturated rings. The number of allylic oxidation sites excluding steroid dienone is 1. The van der Waals surface area contributed by atoms with Gasteiger partial charge in [0.2, 0.25) is 0 Å². The smallest absolute Gasteiger partial charge is 0.126 e. The van der Waals surface area contributed by atoms with Gasteiger partial charge in [-0.05, 0) is 55.4 Å². The van der Waals surface area contributed by atoms with E-state index in [4.69, 9.17) is 5.41 Å². The Balaban J connectivity index is 0.00000139. The topological polar surface area (TPSA) is 35.9 Å². The van der Waals surface area contributed by atoms with E-state index in [-0.39, 0.29) is 0 Å². The molecule has 2 nitrogen and oxygen atoms in total. The second-order valence-corrected chi connectivity index (χ2v) is 10.4. The Bertz CT molecular complexity index is 614. The van der Waals surface area contributed by atoms with Crippen LogP contribution in [0.1, 0.15) is 19.4 Å². The van der Waals surface area contributed by atoms with E-state index in [9.17, 15) is 8.78 Å². The summed E-state index contributed by atoms with van der Waals surface area (Å²) in [5, 5.41) is 12.5. The van der Waals surface area contributed by atoms with Gasteiger partial charge >= 0.3 is 0 Å². The highest BCUT2D eigenvalue weighted by Gasteiger charge is 2.37. The van der Waals surface area contributed by atoms with Gasteiger partial charge in [0.1, 0.15) is 11.6 Å². The lowest BCUT2D eigenvalue weighted by Gasteiger charge is -2.24. The third-order valence-electron chi connectivity index (χ3n) is 4.00. The molecule has 0 aliphatic carbocycles. The van der Waals surface area contributed by atoms with E-state index in [1.165, 1.54) is 17.7 Å². The number of hydrogen-bond acceptors (Lipinski definition) is 2. The van der Waals surface area contributed by atoms with Crippen LogP contribution in [0.3, 0.4) is 0 Å². The highest BCUT2D eigenvalue weighted by molar-refractivity contribution is 8.45. The van der Waals surface area contributed by atoms with Gasteiger partial charge in [0.15, 0.2) is 0 Å². The van der Waals surface area contributed by atoms with Gasteiger partial charge in [-0.1, -0.05) is 5.57 Å². The summed E-state index contributed by atoms with van der Waals surface area (Å²) in [5.74, 6) is 0.238. The molecular weight excluding hydrogens is 326 g/mol. The van der Waals surface area contributed by atoms with E-state index >= 15 is 0 Å². The van der Waals surface area contributed by atoms with Gasteiger partial charge in [-0.15, -0.1) is 13.2 Å². The minimum Gasteiger partial charge on any atom is -0.312 e. The molecule has 1 aliphatic rings. The van der Waals surface area contributed by atoms with E-state index in [1.54, 1.807) is 0 Å². The van der Waals surface area contributed by atoms with Gasteiger partial charge in [-0.2, -0.15) is 0 Å². The van der Waals surface area contributed by atoms with Crippen LogP contribution in [0.25, 0.3) is 0 Å². The molecule has 0 saturated carbocycles. The van der Waals surface area contributed by atoms with Crippen LogP contribution in [-0.2, 0) is 6.54 Å². The van der Waals surface area contributed by atoms with Crippen LogP contribution in [0, 0.1) is 23.0 Å². The zero-order valence-corrected chi connectivity index (χ0v) is 15.8. The molecule has 134 valence electrons. The van der Waals surface area contributed by atoms with Gasteiger partial charge in [-0.3, -0.25) is 5.41 Å². The zero-order chi connectivity index (χ0) is 18.5. The first-order chi connectivity index (χ1) is 11.2. The molecule has 2 rings (SSSR count). The molecule has 5 heteroatoms. The molecule has 1 aromatic rings. The maximum atomic E-state index is 13.2. The van der Waals surface area contributed by atoms with Crippen molar-refractivity contribution >= 4 is 15.1 Å². The van der Waals surface area contributed by atoms with Crippen LogP contribution in [0.4, 0.5) is 8.78 Å². The highest BCUT2D eigenvalue weighted by atomic mass is 32.3. The number of halogens is 2. The lowest BCUT2D eigenvalue weighted by atomic mass is 9.98. The Morgan fingerprint density at radius 1 is 1.21 bits per heavy atom. The summed E-state index contributed by atoms with van der Waals surface area (Å²) in [6.45, 7) is 11.3. The Morgan fingerprint density at radius 2 is 1.75 bits per heavy atom. The average Bonchev–Trinajstić information content (AvgIpc) is 2.70. The van der Waals surface area contributed by atoms with Crippen molar-refractivity contribution in [3.05, 3.63) is 59.7 Å². The van der Waals surface area contributed by atoms with Gasteiger partial charge in [0.25, 0.3) is 0 Å². The summed E-state index contributed by atoms with van der Waals surface area (Å²) >= 11 is 0. The second kappa shape index (κ2) is 8.58. The summed E-state index contributed by atoms with van der Waals surface area (Å²) < 4.78 is 26.4. The number of rotatable bonds is 4. The molecule has 1 aromatic carbocycles. The largest absolute Gasteiger partial charge is 0.312 e. The van der Waals surface area contributed by atoms with Crippen LogP contribution in [0.5, 0.6) is 0 Å². The Morgan fingerprint density at radius 3 is 2.25 bits per heavy atom. The molecule has 24 heavy (non-hydrogen) atoms. The lowest BCUT2D eigenvalue weighted by Crippen LogP contribution is -2.24. The molecule has 0 bridgehead atoms. The maximum Gasteiger partial charge on any atom is 0.126 e. The Kier molecular flexibility index (Phi) is 7.36. The molecule has 0 amide bonds. The molecule has 0 aromatic heterocycles. The van der Waals surface area contributed by atoms with Crippen molar-refractivity contribution in [3.63, 3.8) is 0 Å². The monoisotopic (exact) mass is 354 g/mol. The summed E-state index contributed by atoms with van der Waals surface area (Å²) in [7, 11) is -1.01. The van der Waals surface area contributed by atoms with Crippen LogP contribution in [-0.4, -0.2) is 29.9 Å². The van der Waals surface area contributed by atoms with Crippen molar-refractivity contribution in [1.82, 2.24) is 5.32 Å². The normalized spacial score (nSPS) is 20.3. The van der Waals surface area contributed by atoms with Gasteiger partial charge < -0.3 is 5.32 Å². The third kappa shape index (κ3) is 5.02. The molecule has 0 spiro atoms. The molecule has 1 aliphatic heterocycles. The quantitative estimate of drug-likeness (QED) is 0.744. The highest BCUT2D eigenvalue weighted by Crippen LogP contribution is 2.54. The predicted octanol–water partition coefficient (Wildman–Crippen LogP) is 4.86. The average molecular weight is 355 g/mol. The minimum absolute atomic E-state index is 0.320. The van der Waals surface area contributed by atoms with Gasteiger partial charge in [0, 0.05) is 25.1 Å². The number of hydrogen-bond donors (Lipinski definition) is 2. The molecule has 1 unspecified atom stereocenters. The zero-order valence-electron chi connectivity index (χ0n) is 15.0. The number of benzene rings is 1. The first kappa shape index (κ1) is 20.6. The summed E-state index contributed by atoms with van der Waals surface area (Å²) in [4.78, 5) is 0. The van der Waals surface area contributed by atoms with Crippen LogP contribution in [0.15, 0.2) is 42.5 Å². The minimum atomic E-state index is -1.01. The summed E-state index contributed by atoms with van der Waals surface area (Å²) in [6.07, 6.45) is 4.36. The lowest BCUT2D eigenvalue weighted by molar-refractivity contribution is 0.564. The van der Waals surface area contributed by atoms with Gasteiger partial charge in [0.05, 0.1) is 5.04 Å². The van der Waals surface area contributed by atoms with E-state index in [0.29, 0.717) is 18.0 Å². The first-order valence-corrected chi connectivity index (χ1v) is 10.5. The fourth-order valence-corrected chi connectivity index (χ4v) is 5.48. The summed E-state index contributed by atoms with van der Waals surface area (Å²) in [5.41, 5.74) is 2.97. The maximum absolute atomic E-state index is 13.2. The van der Waals surface area contributed by atoms with Crippen molar-refractivity contribution in [2.24, 2.45) is 5.92 Å². The first-order valence-electron chi connectivity index (χ1n) is 7.84. The molecule has 1 heterocycles. The van der Waals surface area contributed by atoms with Crippen molar-refractivity contribution in [1.29, 1.82) is 5.41 Å². The van der Waals surface area contributed by atoms with Crippen molar-refractivity contribution in [2.75, 3.05) is 24.8 Å². The fourth-order valence-electron chi connectivity index (χ4n) is 3.05. The third-order valence-corrected chi connectivity index (χ3v) is 6.56. The van der Waals surface area contributed by atoms with Crippen LogP contribution in [0.2, 0.25) is 0 Å². The fraction of sp³-hybridized carbons (Fsp3) is 0.421. The van der Waals surface area contributed by atoms with Crippen LogP contribution >= 0.6 is 10.0 Å². The van der Waals surface area contributed by atoms with Crippen molar-refractivity contribution < 1.29 is 8.78 Å². The van der Waals surface area contributed by atoms with E-state index < -0.39 is 21.7 Å². The van der Waals surface area contributed by atoms with Crippen molar-refractivity contribution in [3.8, 4) is 0 Å². The molecular formula is C19H28F2N2S. The van der Waals surface area contributed by atoms with E-state index in [1.807, 2.05) is 0 Å². The SMILES string of the molecule is C=C.CC(C)=C1C(=N)S(C)(C)CC1CNCc1cc(F)cc(F)c1. The summed E-state index contributed by atoms with van der Waals surface area (Å²) in [6, 6.07) is 3.59. The van der Waals surface area contributed by atoms with Crippen LogP contribution < -0.4 is 5.32 Å². The standard InChI is InChI=1S/C17H24F2N2S.C2H4/c1-11(2)16-13(10-22(3,4)17(16)20)9-21-8-12-5-14(18)7-15(19)6-12;1-2/h5-7,13,20-21H,8-10H2,1-4H3;1-2H2. The molecule has 2 N–H and O–H groups in total. The van der Waals surface area contributed by atoms with E-state index in [0.717, 1.165) is 29.0 Å². The van der Waals surface area contributed by atoms with Crippen molar-refractivity contribution in [2.45, 2.75) is 20.4 Å². The Hall–Kier alpha value is -1.46. The molecule has 1 saturated heterocycles. The Labute approximate surface area is 145 Å². The second-order valence-electron chi connectivity index (χ2n) is 6.55. The molecule has 1 atom stereocenters. The predicted molar refractivity (Wildman–Crippen MR) is 103 cm³/mol. The number of nitrogens with one attached hydrogen (secondary N) is 2. The van der Waals surface area contributed by atoms with Gasteiger partial charge in [-0.25, -0.2) is 18.8 Å². The molecule has 0 radical (unpaired) electrons. The van der Waals surface area contributed by atoms with E-state index in [2.05, 4.69) is 44.8 Å².